The normalized spacial score (nSPS) is 9.22. The second-order valence-electron chi connectivity index (χ2n) is 4.49. The summed E-state index contributed by atoms with van der Waals surface area (Å²) in [6, 6.07) is 7.14. The molecule has 4 rings (SSSR count). The van der Waals surface area contributed by atoms with Gasteiger partial charge in [-0.25, -0.2) is 9.97 Å². The first-order valence-electron chi connectivity index (χ1n) is 8.59. The van der Waals surface area contributed by atoms with Gasteiger partial charge < -0.3 is 20.1 Å². The number of anilines is 2. The van der Waals surface area contributed by atoms with Crippen molar-refractivity contribution in [3.63, 3.8) is 0 Å². The van der Waals surface area contributed by atoms with E-state index in [4.69, 9.17) is 14.8 Å². The zero-order valence-electron chi connectivity index (χ0n) is 16.1. The fourth-order valence-corrected chi connectivity index (χ4v) is 1.84. The van der Waals surface area contributed by atoms with Crippen LogP contribution in [-0.4, -0.2) is 26.2 Å². The largest absolute Gasteiger partial charge is 0.380 e. The van der Waals surface area contributed by atoms with Crippen molar-refractivity contribution in [1.82, 2.24) is 20.3 Å². The molecule has 9 heteroatoms. The van der Waals surface area contributed by atoms with Crippen LogP contribution in [0.25, 0.3) is 22.2 Å². The van der Waals surface area contributed by atoms with Crippen molar-refractivity contribution < 1.29 is 13.8 Å². The van der Waals surface area contributed by atoms with Gasteiger partial charge in [0, 0.05) is 19.3 Å². The van der Waals surface area contributed by atoms with Crippen LogP contribution in [0.4, 0.5) is 11.6 Å². The summed E-state index contributed by atoms with van der Waals surface area (Å²) in [5, 5.41) is 11.2. The van der Waals surface area contributed by atoms with Gasteiger partial charge in [0.25, 0.3) is 11.4 Å². The Bertz CT molecular complexity index is 964. The molecule has 0 atom stereocenters. The third-order valence-corrected chi connectivity index (χ3v) is 2.82. The minimum atomic E-state index is -0.181. The van der Waals surface area contributed by atoms with Gasteiger partial charge in [0.05, 0.1) is 10.8 Å². The highest BCUT2D eigenvalue weighted by molar-refractivity contribution is 5.96. The molecule has 1 amide bonds. The van der Waals surface area contributed by atoms with Crippen LogP contribution in [0.15, 0.2) is 45.7 Å². The second kappa shape index (κ2) is 11.2. The van der Waals surface area contributed by atoms with E-state index in [9.17, 15) is 4.79 Å². The van der Waals surface area contributed by atoms with Crippen LogP contribution in [0.1, 0.15) is 34.6 Å². The van der Waals surface area contributed by atoms with Gasteiger partial charge in [0.1, 0.15) is 0 Å². The number of nitrogens with zero attached hydrogens (tertiary/aromatic N) is 4. The number of carbonyl (C=O) groups excluding carboxylic acids is 1. The zero-order valence-corrected chi connectivity index (χ0v) is 16.1. The molecule has 0 aliphatic heterocycles. The van der Waals surface area contributed by atoms with Crippen LogP contribution in [-0.2, 0) is 4.79 Å². The molecule has 0 fully saturated rings. The number of aromatic nitrogens is 4. The molecule has 0 saturated heterocycles. The minimum Gasteiger partial charge on any atom is -0.380 e. The number of amides is 1. The summed E-state index contributed by atoms with van der Waals surface area (Å²) in [6.07, 6.45) is 3.23. The van der Waals surface area contributed by atoms with Crippen molar-refractivity contribution in [3.8, 4) is 0 Å². The summed E-state index contributed by atoms with van der Waals surface area (Å²) in [5.41, 5.74) is 6.34. The van der Waals surface area contributed by atoms with E-state index in [0.29, 0.717) is 28.4 Å². The molecule has 0 aromatic carbocycles. The predicted octanol–water partition coefficient (Wildman–Crippen LogP) is 4.04. The zero-order chi connectivity index (χ0) is 20.2. The number of nitrogens with two attached hydrogens (primary N) is 1. The van der Waals surface area contributed by atoms with Gasteiger partial charge in [-0.2, -0.15) is 0 Å². The van der Waals surface area contributed by atoms with E-state index in [2.05, 4.69) is 25.6 Å². The van der Waals surface area contributed by atoms with E-state index < -0.39 is 0 Å². The van der Waals surface area contributed by atoms with Crippen molar-refractivity contribution in [2.45, 2.75) is 34.6 Å². The summed E-state index contributed by atoms with van der Waals surface area (Å²) in [4.78, 5) is 18.6. The van der Waals surface area contributed by atoms with E-state index in [-0.39, 0.29) is 5.91 Å². The number of hydrogen-bond acceptors (Lipinski definition) is 8. The number of hydrogen-bond donors (Lipinski definition) is 2. The van der Waals surface area contributed by atoms with E-state index in [1.807, 2.05) is 33.8 Å². The SMILES string of the molecule is CC.CC.CC(=O)Nc1noc2ncccc12.Nc1noc2ncccc12. The summed E-state index contributed by atoms with van der Waals surface area (Å²) < 4.78 is 9.64. The Morgan fingerprint density at radius 2 is 1.44 bits per heavy atom. The maximum atomic E-state index is 10.7. The molecule has 4 aromatic rings. The third kappa shape index (κ3) is 5.77. The quantitative estimate of drug-likeness (QED) is 0.511. The van der Waals surface area contributed by atoms with E-state index >= 15 is 0 Å². The molecule has 4 heterocycles. The Morgan fingerprint density at radius 3 is 2.00 bits per heavy atom. The lowest BCUT2D eigenvalue weighted by atomic mass is 10.3. The number of fused-ring (bicyclic) bond motifs is 2. The lowest BCUT2D eigenvalue weighted by Gasteiger charge is -1.93. The Morgan fingerprint density at radius 1 is 0.926 bits per heavy atom. The summed E-state index contributed by atoms with van der Waals surface area (Å²) in [7, 11) is 0. The highest BCUT2D eigenvalue weighted by Crippen LogP contribution is 2.19. The van der Waals surface area contributed by atoms with Crippen molar-refractivity contribution in [2.24, 2.45) is 0 Å². The lowest BCUT2D eigenvalue weighted by molar-refractivity contribution is -0.114. The fourth-order valence-electron chi connectivity index (χ4n) is 1.84. The Labute approximate surface area is 156 Å². The first-order valence-corrected chi connectivity index (χ1v) is 8.59. The van der Waals surface area contributed by atoms with E-state index in [1.54, 1.807) is 30.6 Å². The molecule has 0 spiro atoms. The molecule has 0 unspecified atom stereocenters. The van der Waals surface area contributed by atoms with Crippen LogP contribution >= 0.6 is 0 Å². The number of nitrogen functional groups attached to an aromatic ring is 1. The van der Waals surface area contributed by atoms with Crippen molar-refractivity contribution in [2.75, 3.05) is 11.1 Å². The maximum Gasteiger partial charge on any atom is 0.259 e. The molecule has 4 aromatic heterocycles. The first-order chi connectivity index (χ1) is 13.1. The molecule has 0 aliphatic carbocycles. The smallest absolute Gasteiger partial charge is 0.259 e. The van der Waals surface area contributed by atoms with Crippen LogP contribution in [0.2, 0.25) is 0 Å². The van der Waals surface area contributed by atoms with Crippen molar-refractivity contribution >= 4 is 39.7 Å². The van der Waals surface area contributed by atoms with E-state index in [1.165, 1.54) is 6.92 Å². The Kier molecular flexibility index (Phi) is 8.93. The molecular weight excluding hydrogens is 348 g/mol. The third-order valence-electron chi connectivity index (χ3n) is 2.82. The lowest BCUT2D eigenvalue weighted by Crippen LogP contribution is -2.05. The van der Waals surface area contributed by atoms with Gasteiger partial charge in [-0.15, -0.1) is 0 Å². The minimum absolute atomic E-state index is 0.181. The number of rotatable bonds is 1. The van der Waals surface area contributed by atoms with Crippen LogP contribution in [0, 0.1) is 0 Å². The molecule has 0 saturated carbocycles. The van der Waals surface area contributed by atoms with Crippen molar-refractivity contribution in [3.05, 3.63) is 36.7 Å². The molecule has 3 N–H and O–H groups in total. The Balaban J connectivity index is 0.000000233. The van der Waals surface area contributed by atoms with Gasteiger partial charge in [-0.05, 0) is 24.3 Å². The van der Waals surface area contributed by atoms with E-state index in [0.717, 1.165) is 5.39 Å². The van der Waals surface area contributed by atoms with Gasteiger partial charge >= 0.3 is 0 Å². The molecular formula is C18H24N6O3. The Hall–Kier alpha value is -3.49. The number of carbonyl (C=O) groups is 1. The average Bonchev–Trinajstić information content (AvgIpc) is 3.30. The predicted molar refractivity (Wildman–Crippen MR) is 105 cm³/mol. The van der Waals surface area contributed by atoms with Crippen LogP contribution < -0.4 is 11.1 Å². The van der Waals surface area contributed by atoms with Crippen LogP contribution in [0.5, 0.6) is 0 Å². The summed E-state index contributed by atoms with van der Waals surface area (Å²) in [6.45, 7) is 9.41. The van der Waals surface area contributed by atoms with Gasteiger partial charge in [-0.3, -0.25) is 4.79 Å². The summed E-state index contributed by atoms with van der Waals surface area (Å²) in [5.74, 6) is 0.623. The second-order valence-corrected chi connectivity index (χ2v) is 4.49. The maximum absolute atomic E-state index is 10.7. The molecule has 144 valence electrons. The molecule has 0 aliphatic rings. The summed E-state index contributed by atoms with van der Waals surface area (Å²) >= 11 is 0. The van der Waals surface area contributed by atoms with Gasteiger partial charge in [0.2, 0.25) is 5.91 Å². The standard InChI is InChI=1S/C8H7N3O2.C6H5N3O.2C2H6/c1-5(12)10-7-6-3-2-4-9-8(6)13-11-7;7-5-4-2-1-3-8-6(4)10-9-5;2*1-2/h2-4H,1H3,(H,10,11,12);1-3H,(H2,7,9);2*1-2H3. The molecule has 27 heavy (non-hydrogen) atoms. The molecule has 0 radical (unpaired) electrons. The number of nitrogens with one attached hydrogen (secondary N) is 1. The van der Waals surface area contributed by atoms with Crippen molar-refractivity contribution in [1.29, 1.82) is 0 Å². The van der Waals surface area contributed by atoms with Gasteiger partial charge in [0.15, 0.2) is 11.6 Å². The average molecular weight is 372 g/mol. The highest BCUT2D eigenvalue weighted by Gasteiger charge is 2.08. The molecule has 0 bridgehead atoms. The monoisotopic (exact) mass is 372 g/mol. The van der Waals surface area contributed by atoms with Gasteiger partial charge in [-0.1, -0.05) is 38.0 Å². The van der Waals surface area contributed by atoms with Crippen LogP contribution in [0.3, 0.4) is 0 Å². The number of pyridine rings is 2. The topological polar surface area (TPSA) is 133 Å². The molecule has 9 nitrogen and oxygen atoms in total. The first kappa shape index (κ1) is 21.6. The highest BCUT2D eigenvalue weighted by atomic mass is 16.5. The fraction of sp³-hybridized carbons (Fsp3) is 0.278.